The molecule has 118 valence electrons. The van der Waals surface area contributed by atoms with E-state index in [0.717, 1.165) is 10.6 Å². The molecular weight excluding hydrogens is 336 g/mol. The maximum atomic E-state index is 12.3. The van der Waals surface area contributed by atoms with Crippen molar-refractivity contribution in [1.29, 1.82) is 0 Å². The molecule has 0 fully saturated rings. The molecule has 0 aliphatic rings. The first-order chi connectivity index (χ1) is 11.2. The van der Waals surface area contributed by atoms with Crippen LogP contribution in [-0.4, -0.2) is 32.4 Å². The highest BCUT2D eigenvalue weighted by Crippen LogP contribution is 2.26. The third-order valence-electron chi connectivity index (χ3n) is 3.10. The molecule has 23 heavy (non-hydrogen) atoms. The Morgan fingerprint density at radius 2 is 2.26 bits per heavy atom. The number of anilines is 1. The normalized spacial score (nSPS) is 10.7. The van der Waals surface area contributed by atoms with Crippen LogP contribution in [0.25, 0.3) is 10.6 Å². The van der Waals surface area contributed by atoms with E-state index in [1.54, 1.807) is 34.2 Å². The molecule has 3 heterocycles. The molecule has 0 radical (unpaired) electrons. The molecule has 3 rings (SSSR count). The number of aromatic nitrogens is 3. The van der Waals surface area contributed by atoms with E-state index >= 15 is 0 Å². The molecule has 0 saturated carbocycles. The summed E-state index contributed by atoms with van der Waals surface area (Å²) in [6.45, 7) is 0.219. The van der Waals surface area contributed by atoms with Crippen LogP contribution in [0, 0.1) is 0 Å². The van der Waals surface area contributed by atoms with Gasteiger partial charge in [-0.1, -0.05) is 17.7 Å². The van der Waals surface area contributed by atoms with E-state index < -0.39 is 0 Å². The van der Waals surface area contributed by atoms with Gasteiger partial charge in [-0.3, -0.25) is 4.79 Å². The molecule has 0 bridgehead atoms. The van der Waals surface area contributed by atoms with Gasteiger partial charge in [0.25, 0.3) is 5.91 Å². The van der Waals surface area contributed by atoms with Gasteiger partial charge in [-0.2, -0.15) is 5.10 Å². The van der Waals surface area contributed by atoms with Crippen LogP contribution in [0.4, 0.5) is 5.82 Å². The van der Waals surface area contributed by atoms with Crippen LogP contribution >= 0.6 is 22.9 Å². The van der Waals surface area contributed by atoms with Gasteiger partial charge in [-0.25, -0.2) is 9.67 Å². The topological polar surface area (TPSA) is 80.0 Å². The predicted octanol–water partition coefficient (Wildman–Crippen LogP) is 2.90. The highest BCUT2D eigenvalue weighted by Gasteiger charge is 2.14. The lowest BCUT2D eigenvalue weighted by Crippen LogP contribution is -2.16. The van der Waals surface area contributed by atoms with E-state index in [2.05, 4.69) is 15.4 Å². The Labute approximate surface area is 141 Å². The van der Waals surface area contributed by atoms with Crippen molar-refractivity contribution in [2.24, 2.45) is 0 Å². The van der Waals surface area contributed by atoms with E-state index in [1.165, 1.54) is 6.20 Å². The van der Waals surface area contributed by atoms with E-state index in [0.29, 0.717) is 23.1 Å². The third kappa shape index (κ3) is 3.58. The van der Waals surface area contributed by atoms with Gasteiger partial charge in [-0.15, -0.1) is 11.3 Å². The second-order valence-electron chi connectivity index (χ2n) is 4.66. The molecule has 3 aromatic rings. The van der Waals surface area contributed by atoms with Crippen LogP contribution in [0.2, 0.25) is 5.15 Å². The van der Waals surface area contributed by atoms with Gasteiger partial charge in [0.1, 0.15) is 16.7 Å². The van der Waals surface area contributed by atoms with Crippen molar-refractivity contribution in [3.8, 4) is 10.6 Å². The van der Waals surface area contributed by atoms with Crippen molar-refractivity contribution in [2.45, 2.75) is 6.54 Å². The summed E-state index contributed by atoms with van der Waals surface area (Å²) < 4.78 is 1.57. The number of thiophene rings is 1. The van der Waals surface area contributed by atoms with Gasteiger partial charge in [-0.05, 0) is 23.6 Å². The highest BCUT2D eigenvalue weighted by atomic mass is 35.5. The number of nitrogens with one attached hydrogen (secondary N) is 1. The first kappa shape index (κ1) is 15.7. The summed E-state index contributed by atoms with van der Waals surface area (Å²) in [5.41, 5.74) is 1.14. The molecule has 1 amide bonds. The first-order valence-electron chi connectivity index (χ1n) is 6.83. The zero-order valence-corrected chi connectivity index (χ0v) is 13.5. The van der Waals surface area contributed by atoms with Gasteiger partial charge >= 0.3 is 0 Å². The Morgan fingerprint density at radius 3 is 2.91 bits per heavy atom. The number of hydrogen-bond donors (Lipinski definition) is 2. The molecule has 2 N–H and O–H groups in total. The fourth-order valence-corrected chi connectivity index (χ4v) is 2.82. The maximum Gasteiger partial charge on any atom is 0.258 e. The maximum absolute atomic E-state index is 12.3. The second kappa shape index (κ2) is 6.91. The average molecular weight is 349 g/mol. The minimum atomic E-state index is -0.314. The van der Waals surface area contributed by atoms with Crippen LogP contribution in [-0.2, 0) is 6.54 Å². The summed E-state index contributed by atoms with van der Waals surface area (Å²) in [5, 5.41) is 18.7. The standard InChI is InChI=1S/C15H13ClN4O2S/c16-13-4-3-10(9-17-13)15(22)18-14-8-11(12-2-1-7-23-12)19-20(14)5-6-21/h1-4,7-9,21H,5-6H2,(H,18,22). The summed E-state index contributed by atoms with van der Waals surface area (Å²) in [6.07, 6.45) is 1.41. The van der Waals surface area contributed by atoms with Crippen LogP contribution in [0.5, 0.6) is 0 Å². The molecule has 6 nitrogen and oxygen atoms in total. The lowest BCUT2D eigenvalue weighted by Gasteiger charge is -2.07. The molecule has 3 aromatic heterocycles. The van der Waals surface area contributed by atoms with Crippen molar-refractivity contribution in [3.05, 3.63) is 52.6 Å². The zero-order chi connectivity index (χ0) is 16.2. The lowest BCUT2D eigenvalue weighted by molar-refractivity contribution is 0.102. The molecule has 0 aliphatic heterocycles. The minimum Gasteiger partial charge on any atom is -0.394 e. The van der Waals surface area contributed by atoms with Crippen molar-refractivity contribution >= 4 is 34.7 Å². The van der Waals surface area contributed by atoms with Crippen molar-refractivity contribution in [1.82, 2.24) is 14.8 Å². The Morgan fingerprint density at radius 1 is 1.39 bits per heavy atom. The third-order valence-corrected chi connectivity index (χ3v) is 4.21. The van der Waals surface area contributed by atoms with Gasteiger partial charge in [0.05, 0.1) is 23.6 Å². The van der Waals surface area contributed by atoms with Gasteiger partial charge < -0.3 is 10.4 Å². The first-order valence-corrected chi connectivity index (χ1v) is 8.08. The highest BCUT2D eigenvalue weighted by molar-refractivity contribution is 7.13. The largest absolute Gasteiger partial charge is 0.394 e. The summed E-state index contributed by atoms with van der Waals surface area (Å²) >= 11 is 7.28. The van der Waals surface area contributed by atoms with E-state index in [-0.39, 0.29) is 12.5 Å². The monoisotopic (exact) mass is 348 g/mol. The van der Waals surface area contributed by atoms with Crippen LogP contribution in [0.1, 0.15) is 10.4 Å². The predicted molar refractivity (Wildman–Crippen MR) is 89.8 cm³/mol. The fourth-order valence-electron chi connectivity index (χ4n) is 2.03. The van der Waals surface area contributed by atoms with Crippen molar-refractivity contribution < 1.29 is 9.90 Å². The van der Waals surface area contributed by atoms with Crippen LogP contribution in [0.3, 0.4) is 0 Å². The lowest BCUT2D eigenvalue weighted by atomic mass is 10.2. The van der Waals surface area contributed by atoms with Crippen LogP contribution < -0.4 is 5.32 Å². The molecule has 0 unspecified atom stereocenters. The smallest absolute Gasteiger partial charge is 0.258 e. The van der Waals surface area contributed by atoms with Crippen molar-refractivity contribution in [2.75, 3.05) is 11.9 Å². The number of aliphatic hydroxyl groups excluding tert-OH is 1. The molecular formula is C15H13ClN4O2S. The average Bonchev–Trinajstić information content (AvgIpc) is 3.18. The summed E-state index contributed by atoms with van der Waals surface area (Å²) in [7, 11) is 0. The van der Waals surface area contributed by atoms with Crippen LogP contribution in [0.15, 0.2) is 41.9 Å². The van der Waals surface area contributed by atoms with Crippen molar-refractivity contribution in [3.63, 3.8) is 0 Å². The number of aliphatic hydroxyl groups is 1. The van der Waals surface area contributed by atoms with E-state index in [9.17, 15) is 9.90 Å². The Bertz CT molecular complexity index is 800. The number of nitrogens with zero attached hydrogens (tertiary/aromatic N) is 3. The molecule has 0 aliphatic carbocycles. The summed E-state index contributed by atoms with van der Waals surface area (Å²) in [4.78, 5) is 17.2. The summed E-state index contributed by atoms with van der Waals surface area (Å²) in [5.74, 6) is 0.202. The van der Waals surface area contributed by atoms with E-state index in [4.69, 9.17) is 11.6 Å². The van der Waals surface area contributed by atoms with Gasteiger partial charge in [0.15, 0.2) is 0 Å². The molecule has 0 aromatic carbocycles. The summed E-state index contributed by atoms with van der Waals surface area (Å²) in [6, 6.07) is 8.81. The SMILES string of the molecule is O=C(Nc1cc(-c2cccs2)nn1CCO)c1ccc(Cl)nc1. The zero-order valence-electron chi connectivity index (χ0n) is 11.9. The number of rotatable bonds is 5. The fraction of sp³-hybridized carbons (Fsp3) is 0.133. The molecule has 0 atom stereocenters. The Kier molecular flexibility index (Phi) is 4.71. The number of carbonyl (C=O) groups excluding carboxylic acids is 1. The number of amides is 1. The molecule has 8 heteroatoms. The Balaban J connectivity index is 1.86. The minimum absolute atomic E-state index is 0.0725. The van der Waals surface area contributed by atoms with Gasteiger partial charge in [0.2, 0.25) is 0 Å². The molecule has 0 spiro atoms. The van der Waals surface area contributed by atoms with Gasteiger partial charge in [0, 0.05) is 12.3 Å². The quantitative estimate of drug-likeness (QED) is 0.695. The number of halogens is 1. The van der Waals surface area contributed by atoms with E-state index in [1.807, 2.05) is 17.5 Å². The number of hydrogen-bond acceptors (Lipinski definition) is 5. The number of carbonyl (C=O) groups is 1. The molecule has 0 saturated heterocycles. The second-order valence-corrected chi connectivity index (χ2v) is 6.00. The Hall–Kier alpha value is -2.22. The number of pyridine rings is 1.